The van der Waals surface area contributed by atoms with E-state index in [1.807, 2.05) is 66.7 Å². The summed E-state index contributed by atoms with van der Waals surface area (Å²) < 4.78 is 17.2. The van der Waals surface area contributed by atoms with Gasteiger partial charge in [0, 0.05) is 44.8 Å². The van der Waals surface area contributed by atoms with Gasteiger partial charge in [-0.2, -0.15) is 0 Å². The van der Waals surface area contributed by atoms with Gasteiger partial charge in [-0.15, -0.1) is 0 Å². The Hall–Kier alpha value is -4.17. The van der Waals surface area contributed by atoms with Crippen LogP contribution in [0.15, 0.2) is 88.7 Å². The Labute approximate surface area is 232 Å². The van der Waals surface area contributed by atoms with Gasteiger partial charge in [-0.1, -0.05) is 46.3 Å². The van der Waals surface area contributed by atoms with Crippen molar-refractivity contribution in [2.75, 3.05) is 19.2 Å². The molecule has 39 heavy (non-hydrogen) atoms. The first kappa shape index (κ1) is 23.9. The van der Waals surface area contributed by atoms with E-state index in [0.29, 0.717) is 23.5 Å². The first-order valence-electron chi connectivity index (χ1n) is 12.7. The Morgan fingerprint density at radius 1 is 1.05 bits per heavy atom. The second kappa shape index (κ2) is 9.24. The van der Waals surface area contributed by atoms with Crippen molar-refractivity contribution in [3.05, 3.63) is 105 Å². The van der Waals surface area contributed by atoms with Gasteiger partial charge in [0.25, 0.3) is 0 Å². The zero-order valence-electron chi connectivity index (χ0n) is 20.9. The number of carbonyl (C=O) groups is 2. The molecule has 0 saturated heterocycles. The maximum atomic E-state index is 14.5. The molecular formula is C31H23BrN2O5. The molecule has 1 aromatic heterocycles. The van der Waals surface area contributed by atoms with Gasteiger partial charge < -0.3 is 19.5 Å². The van der Waals surface area contributed by atoms with Gasteiger partial charge >= 0.3 is 5.97 Å². The molecule has 3 atom stereocenters. The molecule has 7 nitrogen and oxygen atoms in total. The number of carbonyl (C=O) groups excluding carboxylic acids is 2. The van der Waals surface area contributed by atoms with Crippen LogP contribution in [-0.2, 0) is 14.3 Å². The number of nitrogens with one attached hydrogen (secondary N) is 1. The number of hydrogen-bond donors (Lipinski definition) is 1. The molecule has 1 aliphatic carbocycles. The van der Waals surface area contributed by atoms with Crippen LogP contribution in [-0.4, -0.2) is 30.6 Å². The van der Waals surface area contributed by atoms with Crippen molar-refractivity contribution in [2.45, 2.75) is 18.3 Å². The molecule has 194 valence electrons. The van der Waals surface area contributed by atoms with E-state index in [4.69, 9.17) is 14.2 Å². The third-order valence-corrected chi connectivity index (χ3v) is 8.61. The smallest absolute Gasteiger partial charge is 0.317 e. The van der Waals surface area contributed by atoms with Crippen LogP contribution >= 0.6 is 15.9 Å². The predicted octanol–water partition coefficient (Wildman–Crippen LogP) is 6.08. The molecular weight excluding hydrogens is 560 g/mol. The van der Waals surface area contributed by atoms with Crippen molar-refractivity contribution in [3.8, 4) is 11.5 Å². The molecule has 0 spiro atoms. The van der Waals surface area contributed by atoms with Gasteiger partial charge in [0.15, 0.2) is 17.3 Å². The lowest BCUT2D eigenvalue weighted by Gasteiger charge is -2.40. The van der Waals surface area contributed by atoms with Crippen molar-refractivity contribution in [2.24, 2.45) is 5.92 Å². The van der Waals surface area contributed by atoms with Crippen molar-refractivity contribution in [1.29, 1.82) is 0 Å². The van der Waals surface area contributed by atoms with Crippen molar-refractivity contribution in [1.82, 2.24) is 4.98 Å². The summed E-state index contributed by atoms with van der Waals surface area (Å²) in [6, 6.07) is 21.4. The highest BCUT2D eigenvalue weighted by Crippen LogP contribution is 2.53. The number of nitrogens with zero attached hydrogens (tertiary/aromatic N) is 1. The summed E-state index contributed by atoms with van der Waals surface area (Å²) in [4.78, 5) is 32.4. The first-order valence-corrected chi connectivity index (χ1v) is 13.5. The van der Waals surface area contributed by atoms with E-state index >= 15 is 0 Å². The maximum absolute atomic E-state index is 14.5. The third-order valence-electron chi connectivity index (χ3n) is 7.89. The maximum Gasteiger partial charge on any atom is 0.317 e. The summed E-state index contributed by atoms with van der Waals surface area (Å²) in [5.41, 5.74) is 5.88. The third kappa shape index (κ3) is 3.73. The van der Waals surface area contributed by atoms with Gasteiger partial charge in [0.05, 0.1) is 12.6 Å². The Morgan fingerprint density at radius 3 is 2.74 bits per heavy atom. The lowest BCUT2D eigenvalue weighted by atomic mass is 9.66. The molecule has 3 unspecified atom stereocenters. The predicted molar refractivity (Wildman–Crippen MR) is 149 cm³/mol. The second-order valence-electron chi connectivity index (χ2n) is 9.86. The van der Waals surface area contributed by atoms with Crippen molar-refractivity contribution in [3.63, 3.8) is 0 Å². The van der Waals surface area contributed by atoms with Crippen LogP contribution in [0.1, 0.15) is 34.9 Å². The average molecular weight is 583 g/mol. The minimum absolute atomic E-state index is 0.146. The van der Waals surface area contributed by atoms with Gasteiger partial charge in [0.1, 0.15) is 5.92 Å². The zero-order chi connectivity index (χ0) is 26.7. The molecule has 0 fully saturated rings. The van der Waals surface area contributed by atoms with E-state index in [2.05, 4.69) is 26.2 Å². The number of ketones is 1. The molecule has 1 N–H and O–H groups in total. The minimum Gasteiger partial charge on any atom is -0.468 e. The number of ether oxygens (including phenoxy) is 3. The summed E-state index contributed by atoms with van der Waals surface area (Å²) in [7, 11) is 1.33. The number of halogens is 1. The molecule has 2 aliphatic heterocycles. The Morgan fingerprint density at radius 2 is 1.90 bits per heavy atom. The number of benzene rings is 3. The standard InChI is InChI=1S/C31H23BrN2O5/c1-37-31(36)28-19(16-8-11-24-25(13-16)39-15-38-24)14-23-29(30(28)35)27(17-5-2-3-7-20(17)32)26-18-6-4-12-33-21(18)9-10-22(26)34-23/h2-13,19,27-28,34H,14-15H2,1H3. The SMILES string of the molecule is COC(=O)C1C(=O)C2=C(CC1c1ccc3c(c1)OCO3)Nc1ccc3ncccc3c1C2c1ccccc1Br. The Balaban J connectivity index is 1.45. The fraction of sp³-hybridized carbons (Fsp3) is 0.194. The van der Waals surface area contributed by atoms with Crippen LogP contribution in [0.3, 0.4) is 0 Å². The lowest BCUT2D eigenvalue weighted by molar-refractivity contribution is -0.149. The van der Waals surface area contributed by atoms with Gasteiger partial charge in [-0.05, 0) is 59.5 Å². The number of allylic oxidation sites excluding steroid dienone is 2. The summed E-state index contributed by atoms with van der Waals surface area (Å²) >= 11 is 3.73. The van der Waals surface area contributed by atoms with Crippen LogP contribution in [0.2, 0.25) is 0 Å². The summed E-state index contributed by atoms with van der Waals surface area (Å²) in [6.07, 6.45) is 2.21. The molecule has 4 aromatic rings. The first-order chi connectivity index (χ1) is 19.0. The Kier molecular flexibility index (Phi) is 5.66. The van der Waals surface area contributed by atoms with Crippen molar-refractivity contribution < 1.29 is 23.8 Å². The fourth-order valence-corrected chi connectivity index (χ4v) is 6.67. The molecule has 3 heterocycles. The minimum atomic E-state index is -1.00. The fourth-order valence-electron chi connectivity index (χ4n) is 6.16. The van der Waals surface area contributed by atoms with E-state index in [9.17, 15) is 9.59 Å². The molecule has 0 amide bonds. The highest BCUT2D eigenvalue weighted by atomic mass is 79.9. The highest BCUT2D eigenvalue weighted by molar-refractivity contribution is 9.10. The number of esters is 1. The average Bonchev–Trinajstić information content (AvgIpc) is 3.44. The molecule has 0 radical (unpaired) electrons. The molecule has 0 bridgehead atoms. The quantitative estimate of drug-likeness (QED) is 0.231. The zero-order valence-corrected chi connectivity index (χ0v) is 22.5. The molecule has 3 aliphatic rings. The number of anilines is 1. The number of rotatable bonds is 3. The number of Topliss-reactive ketones (excluding diaryl/α,β-unsaturated/α-hetero) is 1. The molecule has 3 aromatic carbocycles. The lowest BCUT2D eigenvalue weighted by Crippen LogP contribution is -2.40. The van der Waals surface area contributed by atoms with Crippen LogP contribution in [0, 0.1) is 5.92 Å². The van der Waals surface area contributed by atoms with Crippen molar-refractivity contribution >= 4 is 44.3 Å². The van der Waals surface area contributed by atoms with Crippen LogP contribution in [0.25, 0.3) is 10.9 Å². The molecule has 7 rings (SSSR count). The Bertz CT molecular complexity index is 1710. The van der Waals surface area contributed by atoms with Gasteiger partial charge in [-0.3, -0.25) is 14.6 Å². The van der Waals surface area contributed by atoms with Crippen LogP contribution in [0.5, 0.6) is 11.5 Å². The number of aromatic nitrogens is 1. The van der Waals surface area contributed by atoms with Gasteiger partial charge in [-0.25, -0.2) is 0 Å². The summed E-state index contributed by atoms with van der Waals surface area (Å²) in [6.45, 7) is 0.146. The largest absolute Gasteiger partial charge is 0.468 e. The topological polar surface area (TPSA) is 86.8 Å². The number of fused-ring (bicyclic) bond motifs is 4. The monoisotopic (exact) mass is 582 g/mol. The summed E-state index contributed by atoms with van der Waals surface area (Å²) in [5.74, 6) is -1.39. The molecule has 8 heteroatoms. The van der Waals surface area contributed by atoms with E-state index in [0.717, 1.165) is 43.5 Å². The van der Waals surface area contributed by atoms with Crippen LogP contribution < -0.4 is 14.8 Å². The van der Waals surface area contributed by atoms with E-state index in [1.165, 1.54) is 7.11 Å². The normalized spacial score (nSPS) is 21.3. The van der Waals surface area contributed by atoms with E-state index in [1.54, 1.807) is 6.20 Å². The number of pyridine rings is 1. The number of methoxy groups -OCH3 is 1. The van der Waals surface area contributed by atoms with E-state index < -0.39 is 23.7 Å². The van der Waals surface area contributed by atoms with Crippen LogP contribution in [0.4, 0.5) is 5.69 Å². The van der Waals surface area contributed by atoms with Gasteiger partial charge in [0.2, 0.25) is 6.79 Å². The second-order valence-corrected chi connectivity index (χ2v) is 10.7. The van der Waals surface area contributed by atoms with E-state index in [-0.39, 0.29) is 12.6 Å². The molecule has 0 saturated carbocycles. The number of hydrogen-bond acceptors (Lipinski definition) is 7. The summed E-state index contributed by atoms with van der Waals surface area (Å²) in [5, 5.41) is 4.53. The highest BCUT2D eigenvalue weighted by Gasteiger charge is 2.48.